The lowest BCUT2D eigenvalue weighted by atomic mass is 9.90. The van der Waals surface area contributed by atoms with E-state index in [9.17, 15) is 23.1 Å². The number of rotatable bonds is 4. The number of benzene rings is 1. The predicted molar refractivity (Wildman–Crippen MR) is 62.3 cm³/mol. The van der Waals surface area contributed by atoms with Crippen LogP contribution in [0.1, 0.15) is 31.4 Å². The summed E-state index contributed by atoms with van der Waals surface area (Å²) in [6.45, 7) is 3.22. The number of carbonyl (C=O) groups excluding carboxylic acids is 1. The molecule has 1 rings (SSSR count). The SMILES string of the molecule is CCOC(=O)C(O)(CC)c1ccc(C(F)(F)F)cc1. The van der Waals surface area contributed by atoms with E-state index in [0.29, 0.717) is 0 Å². The second kappa shape index (κ2) is 5.61. The van der Waals surface area contributed by atoms with Gasteiger partial charge < -0.3 is 9.84 Å². The molecule has 0 heterocycles. The van der Waals surface area contributed by atoms with Crippen molar-refractivity contribution >= 4 is 5.97 Å². The summed E-state index contributed by atoms with van der Waals surface area (Å²) in [5.74, 6) is -0.864. The van der Waals surface area contributed by atoms with Gasteiger partial charge in [-0.1, -0.05) is 19.1 Å². The Hall–Kier alpha value is -1.56. The highest BCUT2D eigenvalue weighted by Crippen LogP contribution is 2.32. The number of carbonyl (C=O) groups is 1. The number of ether oxygens (including phenoxy) is 1. The number of aliphatic hydroxyl groups is 1. The Morgan fingerprint density at radius 1 is 1.16 bits per heavy atom. The van der Waals surface area contributed by atoms with Crippen LogP contribution in [-0.4, -0.2) is 17.7 Å². The molecule has 1 atom stereocenters. The summed E-state index contributed by atoms with van der Waals surface area (Å²) < 4.78 is 42.0. The molecule has 0 radical (unpaired) electrons. The van der Waals surface area contributed by atoms with Gasteiger partial charge in [-0.15, -0.1) is 0 Å². The minimum atomic E-state index is -4.45. The Morgan fingerprint density at radius 3 is 2.00 bits per heavy atom. The van der Waals surface area contributed by atoms with Crippen LogP contribution in [0.25, 0.3) is 0 Å². The van der Waals surface area contributed by atoms with Crippen LogP contribution in [0.5, 0.6) is 0 Å². The quantitative estimate of drug-likeness (QED) is 0.860. The molecule has 19 heavy (non-hydrogen) atoms. The number of hydrogen-bond acceptors (Lipinski definition) is 3. The Kier molecular flexibility index (Phi) is 4.57. The molecule has 0 saturated carbocycles. The normalized spacial score (nSPS) is 14.8. The van der Waals surface area contributed by atoms with Gasteiger partial charge in [-0.2, -0.15) is 13.2 Å². The zero-order chi connectivity index (χ0) is 14.7. The average Bonchev–Trinajstić information content (AvgIpc) is 2.37. The molecule has 1 aromatic rings. The van der Waals surface area contributed by atoms with E-state index in [1.165, 1.54) is 0 Å². The van der Waals surface area contributed by atoms with Crippen LogP contribution in [0.2, 0.25) is 0 Å². The summed E-state index contributed by atoms with van der Waals surface area (Å²) in [5.41, 5.74) is -2.67. The average molecular weight is 276 g/mol. The Labute approximate surface area is 109 Å². The smallest absolute Gasteiger partial charge is 0.416 e. The molecule has 6 heteroatoms. The van der Waals surface area contributed by atoms with Crippen molar-refractivity contribution in [2.45, 2.75) is 32.0 Å². The standard InChI is InChI=1S/C13H15F3O3/c1-3-12(18,11(17)19-4-2)9-5-7-10(8-6-9)13(14,15)16/h5-8,18H,3-4H2,1-2H3. The molecule has 0 bridgehead atoms. The summed E-state index contributed by atoms with van der Waals surface area (Å²) in [4.78, 5) is 11.7. The molecule has 0 aliphatic rings. The maximum Gasteiger partial charge on any atom is 0.416 e. The first-order valence-electron chi connectivity index (χ1n) is 5.83. The van der Waals surface area contributed by atoms with Gasteiger partial charge in [0.05, 0.1) is 12.2 Å². The lowest BCUT2D eigenvalue weighted by Crippen LogP contribution is -2.36. The molecule has 0 spiro atoms. The molecule has 1 unspecified atom stereocenters. The summed E-state index contributed by atoms with van der Waals surface area (Å²) >= 11 is 0. The van der Waals surface area contributed by atoms with E-state index in [4.69, 9.17) is 4.74 Å². The lowest BCUT2D eigenvalue weighted by Gasteiger charge is -2.25. The van der Waals surface area contributed by atoms with Crippen molar-refractivity contribution in [3.63, 3.8) is 0 Å². The van der Waals surface area contributed by atoms with Crippen molar-refractivity contribution in [2.75, 3.05) is 6.61 Å². The fraction of sp³-hybridized carbons (Fsp3) is 0.462. The Balaban J connectivity index is 3.10. The number of alkyl halides is 3. The van der Waals surface area contributed by atoms with E-state index < -0.39 is 23.3 Å². The molecule has 106 valence electrons. The van der Waals surface area contributed by atoms with Crippen LogP contribution in [0.3, 0.4) is 0 Å². The van der Waals surface area contributed by atoms with Crippen LogP contribution in [-0.2, 0) is 21.3 Å². The van der Waals surface area contributed by atoms with Crippen molar-refractivity contribution in [1.82, 2.24) is 0 Å². The van der Waals surface area contributed by atoms with Crippen LogP contribution < -0.4 is 0 Å². The van der Waals surface area contributed by atoms with Crippen molar-refractivity contribution in [3.8, 4) is 0 Å². The van der Waals surface area contributed by atoms with Gasteiger partial charge >= 0.3 is 12.1 Å². The second-order valence-electron chi connectivity index (χ2n) is 4.01. The van der Waals surface area contributed by atoms with Crippen molar-refractivity contribution < 1.29 is 27.8 Å². The molecule has 1 aromatic carbocycles. The molecule has 0 aromatic heterocycles. The maximum atomic E-state index is 12.4. The van der Waals surface area contributed by atoms with Gasteiger partial charge in [-0.3, -0.25) is 0 Å². The monoisotopic (exact) mass is 276 g/mol. The van der Waals surface area contributed by atoms with Crippen molar-refractivity contribution in [2.24, 2.45) is 0 Å². The van der Waals surface area contributed by atoms with Gasteiger partial charge in [0.15, 0.2) is 5.60 Å². The maximum absolute atomic E-state index is 12.4. The first-order chi connectivity index (χ1) is 8.75. The van der Waals surface area contributed by atoms with Crippen LogP contribution in [0.4, 0.5) is 13.2 Å². The van der Waals surface area contributed by atoms with Crippen molar-refractivity contribution in [3.05, 3.63) is 35.4 Å². The minimum absolute atomic E-state index is 0.0111. The summed E-state index contributed by atoms with van der Waals surface area (Å²) in [6.07, 6.45) is -4.44. The molecular formula is C13H15F3O3. The minimum Gasteiger partial charge on any atom is -0.464 e. The third-order valence-electron chi connectivity index (χ3n) is 2.81. The third-order valence-corrected chi connectivity index (χ3v) is 2.81. The summed E-state index contributed by atoms with van der Waals surface area (Å²) in [7, 11) is 0. The fourth-order valence-electron chi connectivity index (χ4n) is 1.65. The Morgan fingerprint density at radius 2 is 1.63 bits per heavy atom. The van der Waals surface area contributed by atoms with E-state index in [-0.39, 0.29) is 18.6 Å². The summed E-state index contributed by atoms with van der Waals surface area (Å²) in [6, 6.07) is 3.83. The van der Waals surface area contributed by atoms with Gasteiger partial charge in [-0.05, 0) is 31.0 Å². The molecule has 0 amide bonds. The van der Waals surface area contributed by atoms with Crippen LogP contribution in [0.15, 0.2) is 24.3 Å². The van der Waals surface area contributed by atoms with Gasteiger partial charge in [0.25, 0.3) is 0 Å². The summed E-state index contributed by atoms with van der Waals surface area (Å²) in [5, 5.41) is 10.2. The molecule has 3 nitrogen and oxygen atoms in total. The lowest BCUT2D eigenvalue weighted by molar-refractivity contribution is -0.166. The highest BCUT2D eigenvalue weighted by Gasteiger charge is 2.38. The topological polar surface area (TPSA) is 46.5 Å². The van der Waals surface area contributed by atoms with Crippen LogP contribution in [0, 0.1) is 0 Å². The second-order valence-corrected chi connectivity index (χ2v) is 4.01. The highest BCUT2D eigenvalue weighted by molar-refractivity contribution is 5.81. The number of halogens is 3. The number of esters is 1. The largest absolute Gasteiger partial charge is 0.464 e. The van der Waals surface area contributed by atoms with Gasteiger partial charge in [-0.25, -0.2) is 4.79 Å². The highest BCUT2D eigenvalue weighted by atomic mass is 19.4. The van der Waals surface area contributed by atoms with E-state index in [1.54, 1.807) is 13.8 Å². The zero-order valence-electron chi connectivity index (χ0n) is 10.6. The fourth-order valence-corrected chi connectivity index (χ4v) is 1.65. The van der Waals surface area contributed by atoms with E-state index in [2.05, 4.69) is 0 Å². The van der Waals surface area contributed by atoms with Gasteiger partial charge in [0.1, 0.15) is 0 Å². The molecule has 0 aliphatic carbocycles. The van der Waals surface area contributed by atoms with Gasteiger partial charge in [0, 0.05) is 0 Å². The third kappa shape index (κ3) is 3.26. The zero-order valence-corrected chi connectivity index (χ0v) is 10.6. The molecular weight excluding hydrogens is 261 g/mol. The molecule has 0 fully saturated rings. The van der Waals surface area contributed by atoms with Crippen molar-refractivity contribution in [1.29, 1.82) is 0 Å². The Bertz CT molecular complexity index is 439. The van der Waals surface area contributed by atoms with Crippen LogP contribution >= 0.6 is 0 Å². The first-order valence-corrected chi connectivity index (χ1v) is 5.83. The number of hydrogen-bond donors (Lipinski definition) is 1. The predicted octanol–water partition coefficient (Wildman–Crippen LogP) is 2.87. The molecule has 1 N–H and O–H groups in total. The van der Waals surface area contributed by atoms with Gasteiger partial charge in [0.2, 0.25) is 0 Å². The molecule has 0 aliphatic heterocycles. The first kappa shape index (κ1) is 15.5. The van der Waals surface area contributed by atoms with E-state index in [0.717, 1.165) is 24.3 Å². The van der Waals surface area contributed by atoms with E-state index >= 15 is 0 Å². The molecule has 0 saturated heterocycles. The van der Waals surface area contributed by atoms with E-state index in [1.807, 2.05) is 0 Å².